The number of carbonyl (C=O) groups excluding carboxylic acids is 1. The van der Waals surface area contributed by atoms with E-state index in [9.17, 15) is 9.59 Å². The first kappa shape index (κ1) is 11.7. The minimum Gasteiger partial charge on any atom is -0.465 e. The topological polar surface area (TPSA) is 86.7 Å². The average molecular weight is 269 g/mol. The van der Waals surface area contributed by atoms with Crippen LogP contribution in [0.4, 0.5) is 0 Å². The van der Waals surface area contributed by atoms with Crippen LogP contribution in [-0.2, 0) is 4.74 Å². The Morgan fingerprint density at radius 3 is 2.94 bits per heavy atom. The molecule has 0 saturated carbocycles. The first-order valence-corrected chi connectivity index (χ1v) is 5.66. The monoisotopic (exact) mass is 269 g/mol. The van der Waals surface area contributed by atoms with Crippen LogP contribution >= 0.6 is 23.6 Å². The molecule has 0 aromatic carbocycles. The normalized spacial score (nSPS) is 10.4. The highest BCUT2D eigenvalue weighted by Gasteiger charge is 2.15. The van der Waals surface area contributed by atoms with Crippen molar-refractivity contribution in [1.82, 2.24) is 9.38 Å². The molecule has 8 heteroatoms. The average Bonchev–Trinajstić information content (AvgIpc) is 2.72. The molecule has 0 radical (unpaired) electrons. The lowest BCUT2D eigenvalue weighted by molar-refractivity contribution is 0.0606. The van der Waals surface area contributed by atoms with Gasteiger partial charge in [0, 0.05) is 6.07 Å². The lowest BCUT2D eigenvalue weighted by atomic mass is 10.4. The van der Waals surface area contributed by atoms with E-state index in [-0.39, 0.29) is 15.4 Å². The van der Waals surface area contributed by atoms with Gasteiger partial charge in [-0.15, -0.1) is 11.3 Å². The summed E-state index contributed by atoms with van der Waals surface area (Å²) in [5, 5.41) is 0. The molecule has 0 atom stereocenters. The Kier molecular flexibility index (Phi) is 2.90. The van der Waals surface area contributed by atoms with Crippen LogP contribution in [0.3, 0.4) is 0 Å². The Bertz CT molecular complexity index is 674. The van der Waals surface area contributed by atoms with Crippen molar-refractivity contribution in [2.24, 2.45) is 5.73 Å². The smallest absolute Gasteiger partial charge is 0.348 e. The number of fused-ring (bicyclic) bond motifs is 1. The van der Waals surface area contributed by atoms with E-state index in [1.807, 2.05) is 0 Å². The van der Waals surface area contributed by atoms with Crippen molar-refractivity contribution in [1.29, 1.82) is 0 Å². The number of imidazole rings is 1. The van der Waals surface area contributed by atoms with Gasteiger partial charge in [0.15, 0.2) is 0 Å². The molecule has 0 fully saturated rings. The number of ether oxygens (including phenoxy) is 1. The van der Waals surface area contributed by atoms with Gasteiger partial charge in [0.1, 0.15) is 26.7 Å². The predicted octanol–water partition coefficient (Wildman–Crippen LogP) is 0.177. The summed E-state index contributed by atoms with van der Waals surface area (Å²) in [5.74, 6) is -0.579. The van der Waals surface area contributed by atoms with Gasteiger partial charge in [0.05, 0.1) is 7.11 Å². The molecular weight excluding hydrogens is 262 g/mol. The van der Waals surface area contributed by atoms with Crippen LogP contribution in [0, 0.1) is 0 Å². The molecule has 6 nitrogen and oxygen atoms in total. The third kappa shape index (κ3) is 1.92. The van der Waals surface area contributed by atoms with Gasteiger partial charge < -0.3 is 10.5 Å². The van der Waals surface area contributed by atoms with E-state index < -0.39 is 5.97 Å². The molecule has 2 aromatic heterocycles. The summed E-state index contributed by atoms with van der Waals surface area (Å²) >= 11 is 5.87. The van der Waals surface area contributed by atoms with Crippen molar-refractivity contribution in [3.8, 4) is 0 Å². The molecule has 88 valence electrons. The number of nitrogens with two attached hydrogens (primary N) is 1. The maximum absolute atomic E-state index is 11.7. The molecule has 0 aliphatic rings. The maximum atomic E-state index is 11.7. The predicted molar refractivity (Wildman–Crippen MR) is 66.6 cm³/mol. The number of hydrogen-bond acceptors (Lipinski definition) is 6. The van der Waals surface area contributed by atoms with Gasteiger partial charge in [0.25, 0.3) is 5.56 Å². The molecule has 0 spiro atoms. The maximum Gasteiger partial charge on any atom is 0.348 e. The molecule has 0 aliphatic carbocycles. The Morgan fingerprint density at radius 1 is 1.65 bits per heavy atom. The number of aromatic nitrogens is 2. The van der Waals surface area contributed by atoms with Crippen LogP contribution in [0.15, 0.2) is 17.2 Å². The van der Waals surface area contributed by atoms with E-state index in [0.29, 0.717) is 10.5 Å². The zero-order chi connectivity index (χ0) is 12.6. The Hall–Kier alpha value is -1.80. The third-order valence-corrected chi connectivity index (χ3v) is 3.32. The highest BCUT2D eigenvalue weighted by Crippen LogP contribution is 2.17. The molecule has 2 aromatic rings. The highest BCUT2D eigenvalue weighted by atomic mass is 32.1. The molecule has 2 rings (SSSR count). The van der Waals surface area contributed by atoms with Gasteiger partial charge in [-0.1, -0.05) is 12.2 Å². The molecular formula is C9H7N3O3S2. The Balaban J connectivity index is 2.78. The fourth-order valence-corrected chi connectivity index (χ4v) is 2.52. The number of rotatable bonds is 2. The van der Waals surface area contributed by atoms with Gasteiger partial charge in [-0.25, -0.2) is 9.78 Å². The van der Waals surface area contributed by atoms with Crippen molar-refractivity contribution in [3.05, 3.63) is 33.3 Å². The van der Waals surface area contributed by atoms with E-state index in [4.69, 9.17) is 18.0 Å². The quantitative estimate of drug-likeness (QED) is 0.618. The minimum absolute atomic E-state index is 0.0742. The van der Waals surface area contributed by atoms with Crippen LogP contribution in [-0.4, -0.2) is 27.5 Å². The SMILES string of the molecule is COC(=O)c1cc(=O)n2cnc(C(N)=S)c2s1. The zero-order valence-electron chi connectivity index (χ0n) is 8.67. The largest absolute Gasteiger partial charge is 0.465 e. The number of esters is 1. The molecule has 2 heterocycles. The van der Waals surface area contributed by atoms with Crippen LogP contribution < -0.4 is 11.3 Å². The van der Waals surface area contributed by atoms with Gasteiger partial charge >= 0.3 is 5.97 Å². The minimum atomic E-state index is -0.579. The van der Waals surface area contributed by atoms with Crippen LogP contribution in [0.1, 0.15) is 15.4 Å². The highest BCUT2D eigenvalue weighted by molar-refractivity contribution is 7.80. The summed E-state index contributed by atoms with van der Waals surface area (Å²) in [7, 11) is 1.24. The number of methoxy groups -OCH3 is 1. The lowest BCUT2D eigenvalue weighted by Gasteiger charge is -1.99. The van der Waals surface area contributed by atoms with E-state index in [1.165, 1.54) is 23.9 Å². The van der Waals surface area contributed by atoms with E-state index in [2.05, 4.69) is 9.72 Å². The van der Waals surface area contributed by atoms with E-state index in [0.717, 1.165) is 11.3 Å². The third-order valence-electron chi connectivity index (χ3n) is 2.04. The molecule has 2 N–H and O–H groups in total. The number of hydrogen-bond donors (Lipinski definition) is 1. The van der Waals surface area contributed by atoms with Gasteiger partial charge in [-0.05, 0) is 0 Å². The van der Waals surface area contributed by atoms with Crippen molar-refractivity contribution in [2.75, 3.05) is 7.11 Å². The Labute approximate surface area is 105 Å². The van der Waals surface area contributed by atoms with Gasteiger partial charge in [-0.2, -0.15) is 0 Å². The van der Waals surface area contributed by atoms with E-state index in [1.54, 1.807) is 0 Å². The second-order valence-corrected chi connectivity index (χ2v) is 4.54. The van der Waals surface area contributed by atoms with Gasteiger partial charge in [-0.3, -0.25) is 9.20 Å². The second-order valence-electron chi connectivity index (χ2n) is 3.07. The molecule has 0 saturated heterocycles. The lowest BCUT2D eigenvalue weighted by Crippen LogP contribution is -2.15. The number of nitrogens with zero attached hydrogens (tertiary/aromatic N) is 2. The molecule has 0 aliphatic heterocycles. The van der Waals surface area contributed by atoms with Crippen molar-refractivity contribution in [3.63, 3.8) is 0 Å². The Morgan fingerprint density at radius 2 is 2.35 bits per heavy atom. The summed E-state index contributed by atoms with van der Waals surface area (Å²) in [6, 6.07) is 1.19. The van der Waals surface area contributed by atoms with E-state index >= 15 is 0 Å². The number of thiocarbonyl (C=S) groups is 1. The standard InChI is InChI=1S/C9H7N3O3S2/c1-15-9(14)4-2-5(13)12-3-11-6(7(10)16)8(12)17-4/h2-3H,1H3,(H2,10,16). The first-order chi connectivity index (χ1) is 8.04. The van der Waals surface area contributed by atoms with Crippen molar-refractivity contribution < 1.29 is 9.53 Å². The fourth-order valence-electron chi connectivity index (χ4n) is 1.28. The molecule has 0 unspecified atom stereocenters. The summed E-state index contributed by atoms with van der Waals surface area (Å²) in [6.07, 6.45) is 1.32. The van der Waals surface area contributed by atoms with Crippen molar-refractivity contribution in [2.45, 2.75) is 0 Å². The first-order valence-electron chi connectivity index (χ1n) is 4.44. The summed E-state index contributed by atoms with van der Waals surface area (Å²) in [5.41, 5.74) is 5.42. The van der Waals surface area contributed by atoms with Crippen LogP contribution in [0.5, 0.6) is 0 Å². The molecule has 17 heavy (non-hydrogen) atoms. The summed E-state index contributed by atoms with van der Waals surface area (Å²) < 4.78 is 5.84. The number of carbonyl (C=O) groups is 1. The summed E-state index contributed by atoms with van der Waals surface area (Å²) in [4.78, 5) is 27.7. The van der Waals surface area contributed by atoms with Gasteiger partial charge in [0.2, 0.25) is 0 Å². The second kappa shape index (κ2) is 4.22. The van der Waals surface area contributed by atoms with Crippen LogP contribution in [0.2, 0.25) is 0 Å². The molecule has 0 amide bonds. The van der Waals surface area contributed by atoms with Crippen molar-refractivity contribution >= 4 is 39.3 Å². The zero-order valence-corrected chi connectivity index (χ0v) is 10.3. The van der Waals surface area contributed by atoms with Crippen LogP contribution in [0.25, 0.3) is 4.83 Å². The summed E-state index contributed by atoms with van der Waals surface area (Å²) in [6.45, 7) is 0. The molecule has 0 bridgehead atoms. The fraction of sp³-hybridized carbons (Fsp3) is 0.111.